The first kappa shape index (κ1) is 21.9. The van der Waals surface area contributed by atoms with Gasteiger partial charge < -0.3 is 14.4 Å². The Balaban J connectivity index is 1.74. The Kier molecular flexibility index (Phi) is 6.45. The first-order chi connectivity index (χ1) is 15.6. The van der Waals surface area contributed by atoms with Crippen LogP contribution in [0.3, 0.4) is 0 Å². The standard InChI is InChI=1S/C27H29NO4/c1-4-9-21-20-10-7-8-11-22(20)26(32-6-3)23-17-28(27(30)25(21)23)19-14-12-18(13-15-19)16-24(29)31-5-2/h7-8,10-15H,4-6,9,16-17H2,1-3H3. The van der Waals surface area contributed by atoms with Gasteiger partial charge in [0, 0.05) is 16.6 Å². The zero-order chi connectivity index (χ0) is 22.7. The van der Waals surface area contributed by atoms with Gasteiger partial charge in [0.15, 0.2) is 0 Å². The van der Waals surface area contributed by atoms with E-state index in [1.165, 1.54) is 0 Å². The van der Waals surface area contributed by atoms with Crippen LogP contribution in [0.4, 0.5) is 5.69 Å². The van der Waals surface area contributed by atoms with E-state index in [1.54, 1.807) is 11.8 Å². The Labute approximate surface area is 188 Å². The van der Waals surface area contributed by atoms with E-state index in [0.717, 1.165) is 57.3 Å². The Morgan fingerprint density at radius 2 is 1.69 bits per heavy atom. The minimum Gasteiger partial charge on any atom is -0.493 e. The number of anilines is 1. The summed E-state index contributed by atoms with van der Waals surface area (Å²) in [6.45, 7) is 7.29. The number of hydrogen-bond donors (Lipinski definition) is 0. The van der Waals surface area contributed by atoms with Gasteiger partial charge >= 0.3 is 5.97 Å². The zero-order valence-corrected chi connectivity index (χ0v) is 18.9. The number of nitrogens with zero attached hydrogens (tertiary/aromatic N) is 1. The predicted octanol–water partition coefficient (Wildman–Crippen LogP) is 5.46. The molecule has 0 N–H and O–H groups in total. The number of carbonyl (C=O) groups is 2. The summed E-state index contributed by atoms with van der Waals surface area (Å²) in [6, 6.07) is 15.8. The number of carbonyl (C=O) groups excluding carboxylic acids is 2. The van der Waals surface area contributed by atoms with Crippen LogP contribution in [0.1, 0.15) is 54.2 Å². The molecule has 0 fully saturated rings. The molecule has 32 heavy (non-hydrogen) atoms. The van der Waals surface area contributed by atoms with Gasteiger partial charge in [0.25, 0.3) is 5.91 Å². The summed E-state index contributed by atoms with van der Waals surface area (Å²) in [6.07, 6.45) is 2.02. The van der Waals surface area contributed by atoms with Crippen LogP contribution >= 0.6 is 0 Å². The molecule has 0 aromatic heterocycles. The van der Waals surface area contributed by atoms with Crippen molar-refractivity contribution in [2.75, 3.05) is 18.1 Å². The van der Waals surface area contributed by atoms with Gasteiger partial charge in [-0.25, -0.2) is 0 Å². The molecule has 0 bridgehead atoms. The second-order valence-electron chi connectivity index (χ2n) is 7.93. The van der Waals surface area contributed by atoms with E-state index in [-0.39, 0.29) is 18.3 Å². The summed E-state index contributed by atoms with van der Waals surface area (Å²) in [5.74, 6) is 0.572. The van der Waals surface area contributed by atoms with E-state index < -0.39 is 0 Å². The van der Waals surface area contributed by atoms with Crippen molar-refractivity contribution < 1.29 is 19.1 Å². The topological polar surface area (TPSA) is 55.8 Å². The molecule has 0 spiro atoms. The van der Waals surface area contributed by atoms with Crippen LogP contribution in [0.15, 0.2) is 48.5 Å². The molecule has 1 amide bonds. The molecular weight excluding hydrogens is 402 g/mol. The van der Waals surface area contributed by atoms with Crippen molar-refractivity contribution in [3.8, 4) is 5.75 Å². The van der Waals surface area contributed by atoms with Crippen molar-refractivity contribution in [3.05, 3.63) is 70.8 Å². The maximum atomic E-state index is 13.6. The second-order valence-corrected chi connectivity index (χ2v) is 7.93. The molecule has 1 aliphatic heterocycles. The van der Waals surface area contributed by atoms with Crippen LogP contribution in [0.2, 0.25) is 0 Å². The number of benzene rings is 3. The molecular formula is C27H29NO4. The van der Waals surface area contributed by atoms with Gasteiger partial charge in [-0.3, -0.25) is 9.59 Å². The van der Waals surface area contributed by atoms with E-state index in [2.05, 4.69) is 19.1 Å². The smallest absolute Gasteiger partial charge is 0.310 e. The molecule has 0 radical (unpaired) electrons. The quantitative estimate of drug-likeness (QED) is 0.445. The number of aryl methyl sites for hydroxylation is 1. The van der Waals surface area contributed by atoms with Gasteiger partial charge in [0.05, 0.1) is 31.7 Å². The molecule has 5 heteroatoms. The highest BCUT2D eigenvalue weighted by molar-refractivity contribution is 6.15. The lowest BCUT2D eigenvalue weighted by molar-refractivity contribution is -0.142. The van der Waals surface area contributed by atoms with Crippen molar-refractivity contribution in [2.45, 2.75) is 46.6 Å². The summed E-state index contributed by atoms with van der Waals surface area (Å²) >= 11 is 0. The average molecular weight is 432 g/mol. The fourth-order valence-corrected chi connectivity index (χ4v) is 4.51. The number of hydrogen-bond acceptors (Lipinski definition) is 4. The second kappa shape index (κ2) is 9.43. The maximum Gasteiger partial charge on any atom is 0.310 e. The Bertz CT molecular complexity index is 1150. The average Bonchev–Trinajstić information content (AvgIpc) is 3.14. The molecule has 3 aromatic rings. The molecule has 1 heterocycles. The molecule has 3 aromatic carbocycles. The van der Waals surface area contributed by atoms with E-state index in [9.17, 15) is 9.59 Å². The molecule has 0 unspecified atom stereocenters. The molecule has 4 rings (SSSR count). The normalized spacial score (nSPS) is 12.8. The van der Waals surface area contributed by atoms with Crippen molar-refractivity contribution in [2.24, 2.45) is 0 Å². The molecule has 0 aliphatic carbocycles. The van der Waals surface area contributed by atoms with Crippen molar-refractivity contribution >= 4 is 28.3 Å². The number of ether oxygens (including phenoxy) is 2. The number of fused-ring (bicyclic) bond motifs is 2. The van der Waals surface area contributed by atoms with Gasteiger partial charge in [-0.15, -0.1) is 0 Å². The minimum absolute atomic E-state index is 0.00768. The van der Waals surface area contributed by atoms with Crippen LogP contribution in [0.5, 0.6) is 5.75 Å². The number of amides is 1. The van der Waals surface area contributed by atoms with E-state index in [1.807, 2.05) is 43.3 Å². The fourth-order valence-electron chi connectivity index (χ4n) is 4.51. The van der Waals surface area contributed by atoms with E-state index in [0.29, 0.717) is 19.8 Å². The maximum absolute atomic E-state index is 13.6. The first-order valence-electron chi connectivity index (χ1n) is 11.3. The van der Waals surface area contributed by atoms with Crippen LogP contribution < -0.4 is 9.64 Å². The van der Waals surface area contributed by atoms with E-state index in [4.69, 9.17) is 9.47 Å². The highest BCUT2D eigenvalue weighted by atomic mass is 16.5. The monoisotopic (exact) mass is 431 g/mol. The summed E-state index contributed by atoms with van der Waals surface area (Å²) in [7, 11) is 0. The zero-order valence-electron chi connectivity index (χ0n) is 18.9. The van der Waals surface area contributed by atoms with Crippen LogP contribution in [0.25, 0.3) is 10.8 Å². The highest BCUT2D eigenvalue weighted by Crippen LogP contribution is 2.42. The van der Waals surface area contributed by atoms with Crippen molar-refractivity contribution in [1.29, 1.82) is 0 Å². The Hall–Kier alpha value is -3.34. The minimum atomic E-state index is -0.248. The highest BCUT2D eigenvalue weighted by Gasteiger charge is 2.35. The van der Waals surface area contributed by atoms with Gasteiger partial charge in [-0.2, -0.15) is 0 Å². The first-order valence-corrected chi connectivity index (χ1v) is 11.3. The van der Waals surface area contributed by atoms with Gasteiger partial charge in [0.2, 0.25) is 0 Å². The molecule has 0 atom stereocenters. The predicted molar refractivity (Wildman–Crippen MR) is 126 cm³/mol. The molecule has 166 valence electrons. The molecule has 1 aliphatic rings. The third kappa shape index (κ3) is 3.95. The van der Waals surface area contributed by atoms with E-state index >= 15 is 0 Å². The largest absolute Gasteiger partial charge is 0.493 e. The lowest BCUT2D eigenvalue weighted by Crippen LogP contribution is -2.23. The Morgan fingerprint density at radius 3 is 2.34 bits per heavy atom. The molecule has 5 nitrogen and oxygen atoms in total. The third-order valence-electron chi connectivity index (χ3n) is 5.84. The van der Waals surface area contributed by atoms with Gasteiger partial charge in [-0.05, 0) is 48.9 Å². The number of rotatable bonds is 8. The summed E-state index contributed by atoms with van der Waals surface area (Å²) < 4.78 is 11.1. The van der Waals surface area contributed by atoms with Crippen LogP contribution in [-0.2, 0) is 28.9 Å². The summed E-state index contributed by atoms with van der Waals surface area (Å²) in [5.41, 5.74) is 4.53. The van der Waals surface area contributed by atoms with Crippen molar-refractivity contribution in [1.82, 2.24) is 0 Å². The SMILES string of the molecule is CCCc1c2c(c(OCC)c3ccccc13)CN(c1ccc(CC(=O)OCC)cc1)C2=O. The summed E-state index contributed by atoms with van der Waals surface area (Å²) in [4.78, 5) is 27.2. The van der Waals surface area contributed by atoms with Crippen LogP contribution in [0, 0.1) is 0 Å². The Morgan fingerprint density at radius 1 is 0.969 bits per heavy atom. The van der Waals surface area contributed by atoms with Crippen LogP contribution in [-0.4, -0.2) is 25.1 Å². The fraction of sp³-hybridized carbons (Fsp3) is 0.333. The lowest BCUT2D eigenvalue weighted by Gasteiger charge is -2.16. The van der Waals surface area contributed by atoms with Crippen molar-refractivity contribution in [3.63, 3.8) is 0 Å². The molecule has 0 saturated carbocycles. The number of esters is 1. The summed E-state index contributed by atoms with van der Waals surface area (Å²) in [5, 5.41) is 2.16. The van der Waals surface area contributed by atoms with Gasteiger partial charge in [-0.1, -0.05) is 49.7 Å². The molecule has 0 saturated heterocycles. The third-order valence-corrected chi connectivity index (χ3v) is 5.84. The lowest BCUT2D eigenvalue weighted by atomic mass is 9.91. The van der Waals surface area contributed by atoms with Gasteiger partial charge in [0.1, 0.15) is 5.75 Å².